The number of halogens is 5. The van der Waals surface area contributed by atoms with Crippen molar-refractivity contribution in [3.8, 4) is 11.3 Å². The molecule has 1 aliphatic heterocycles. The van der Waals surface area contributed by atoms with E-state index in [2.05, 4.69) is 30.9 Å². The summed E-state index contributed by atoms with van der Waals surface area (Å²) in [6.07, 6.45) is -1.92. The molecule has 11 nitrogen and oxygen atoms in total. The molecule has 3 heterocycles. The molecule has 4 aromatic rings. The number of hydrogen-bond donors (Lipinski definition) is 3. The SMILES string of the molecule is OCC1O[C@H](Sc2ccc(Cl)c(Cl)c2)[C@@H](OCc2nn[nH]n2)C(n2cc(-c3cc(F)c(Cl)c(F)c3)nn2)[C@H]1O. The zero-order valence-electron chi connectivity index (χ0n) is 19.5. The molecule has 5 atom stereocenters. The van der Waals surface area contributed by atoms with Gasteiger partial charge in [0.1, 0.15) is 58.7 Å². The molecule has 0 radical (unpaired) electrons. The Kier molecular flexibility index (Phi) is 8.63. The lowest BCUT2D eigenvalue weighted by molar-refractivity contribution is -0.196. The third kappa shape index (κ3) is 6.02. The van der Waals surface area contributed by atoms with Gasteiger partial charge in [0.2, 0.25) is 0 Å². The van der Waals surface area contributed by atoms with E-state index in [1.54, 1.807) is 18.2 Å². The van der Waals surface area contributed by atoms with Crippen LogP contribution in [0.3, 0.4) is 0 Å². The van der Waals surface area contributed by atoms with E-state index in [-0.39, 0.29) is 23.7 Å². The highest BCUT2D eigenvalue weighted by atomic mass is 35.5. The number of nitrogens with zero attached hydrogens (tertiary/aromatic N) is 6. The van der Waals surface area contributed by atoms with Gasteiger partial charge in [0, 0.05) is 10.5 Å². The Morgan fingerprint density at radius 1 is 1.10 bits per heavy atom. The Morgan fingerprint density at radius 2 is 1.87 bits per heavy atom. The third-order valence-corrected chi connectivity index (χ3v) is 8.10. The summed E-state index contributed by atoms with van der Waals surface area (Å²) in [7, 11) is 0. The molecule has 0 aliphatic carbocycles. The largest absolute Gasteiger partial charge is 0.394 e. The predicted molar refractivity (Wildman–Crippen MR) is 136 cm³/mol. The van der Waals surface area contributed by atoms with Crippen molar-refractivity contribution < 1.29 is 28.5 Å². The minimum Gasteiger partial charge on any atom is -0.394 e. The first-order valence-corrected chi connectivity index (χ1v) is 13.2. The molecule has 206 valence electrons. The van der Waals surface area contributed by atoms with E-state index in [0.29, 0.717) is 14.9 Å². The van der Waals surface area contributed by atoms with Crippen LogP contribution >= 0.6 is 46.6 Å². The van der Waals surface area contributed by atoms with Crippen molar-refractivity contribution in [1.29, 1.82) is 0 Å². The van der Waals surface area contributed by atoms with Crippen molar-refractivity contribution in [2.45, 2.75) is 41.3 Å². The number of tetrazole rings is 1. The number of H-pyrrole nitrogens is 1. The number of aliphatic hydroxyl groups is 2. The van der Waals surface area contributed by atoms with Crippen LogP contribution in [0.4, 0.5) is 8.78 Å². The summed E-state index contributed by atoms with van der Waals surface area (Å²) in [4.78, 5) is 0.667. The number of benzene rings is 2. The molecule has 39 heavy (non-hydrogen) atoms. The van der Waals surface area contributed by atoms with E-state index in [1.807, 2.05) is 0 Å². The standard InChI is InChI=1S/C22H18Cl3F2N7O4S/c23-11-2-1-10(5-12(11)24)39-22-21(37-8-17-29-31-32-30-17)19(20(36)16(7-35)38-22)34-6-15(28-33-34)9-3-13(26)18(25)14(27)4-9/h1-6,16,19-22,35-36H,7-8H2,(H,29,30,31,32)/t16?,19?,20-,21-,22+/m0/s1. The second kappa shape index (κ2) is 12.0. The van der Waals surface area contributed by atoms with Gasteiger partial charge in [0.25, 0.3) is 0 Å². The summed E-state index contributed by atoms with van der Waals surface area (Å²) >= 11 is 19.0. The lowest BCUT2D eigenvalue weighted by atomic mass is 9.97. The van der Waals surface area contributed by atoms with Gasteiger partial charge < -0.3 is 19.7 Å². The number of hydrogen-bond acceptors (Lipinski definition) is 10. The molecule has 1 aliphatic rings. The summed E-state index contributed by atoms with van der Waals surface area (Å²) in [5.41, 5.74) is -0.640. The maximum atomic E-state index is 14.1. The lowest BCUT2D eigenvalue weighted by Gasteiger charge is -2.43. The van der Waals surface area contributed by atoms with Gasteiger partial charge in [-0.2, -0.15) is 5.21 Å². The number of aromatic nitrogens is 7. The fourth-order valence-corrected chi connectivity index (χ4v) is 5.64. The average molecular weight is 621 g/mol. The Morgan fingerprint density at radius 3 is 2.54 bits per heavy atom. The van der Waals surface area contributed by atoms with Crippen LogP contribution in [-0.2, 0) is 16.1 Å². The minimum atomic E-state index is -1.33. The lowest BCUT2D eigenvalue weighted by Crippen LogP contribution is -2.55. The minimum absolute atomic E-state index is 0.0758. The Labute approximate surface area is 238 Å². The van der Waals surface area contributed by atoms with Gasteiger partial charge in [-0.05, 0) is 30.3 Å². The van der Waals surface area contributed by atoms with Gasteiger partial charge in [0.15, 0.2) is 5.82 Å². The van der Waals surface area contributed by atoms with Crippen molar-refractivity contribution in [3.63, 3.8) is 0 Å². The third-order valence-electron chi connectivity index (χ3n) is 5.86. The molecule has 17 heteroatoms. The maximum Gasteiger partial charge on any atom is 0.200 e. The van der Waals surface area contributed by atoms with Crippen LogP contribution in [0.25, 0.3) is 11.3 Å². The summed E-state index contributed by atoms with van der Waals surface area (Å²) in [6, 6.07) is 6.04. The molecular formula is C22H18Cl3F2N7O4S. The van der Waals surface area contributed by atoms with Gasteiger partial charge in [-0.25, -0.2) is 13.5 Å². The van der Waals surface area contributed by atoms with Crippen molar-refractivity contribution in [1.82, 2.24) is 35.6 Å². The van der Waals surface area contributed by atoms with Gasteiger partial charge in [-0.1, -0.05) is 57.0 Å². The molecule has 0 bridgehead atoms. The maximum absolute atomic E-state index is 14.1. The number of aromatic amines is 1. The van der Waals surface area contributed by atoms with Gasteiger partial charge in [0.05, 0.1) is 22.8 Å². The van der Waals surface area contributed by atoms with E-state index in [0.717, 1.165) is 12.1 Å². The Bertz CT molecular complexity index is 1430. The fourth-order valence-electron chi connectivity index (χ4n) is 3.99. The smallest absolute Gasteiger partial charge is 0.200 e. The van der Waals surface area contributed by atoms with Crippen molar-refractivity contribution in [2.75, 3.05) is 6.61 Å². The Hall–Kier alpha value is -2.43. The molecule has 2 aromatic carbocycles. The first kappa shape index (κ1) is 28.1. The van der Waals surface area contributed by atoms with Crippen LogP contribution in [-0.4, -0.2) is 76.2 Å². The summed E-state index contributed by atoms with van der Waals surface area (Å²) < 4.78 is 41.6. The first-order chi connectivity index (χ1) is 18.7. The molecule has 5 rings (SSSR count). The number of aliphatic hydroxyl groups excluding tert-OH is 2. The number of ether oxygens (including phenoxy) is 2. The van der Waals surface area contributed by atoms with Gasteiger partial charge >= 0.3 is 0 Å². The molecular weight excluding hydrogens is 603 g/mol. The van der Waals surface area contributed by atoms with E-state index < -0.39 is 53.1 Å². The molecule has 2 unspecified atom stereocenters. The summed E-state index contributed by atoms with van der Waals surface area (Å²) in [5.74, 6) is -1.70. The van der Waals surface area contributed by atoms with Crippen LogP contribution in [0.1, 0.15) is 11.9 Å². The molecule has 2 aromatic heterocycles. The summed E-state index contributed by atoms with van der Waals surface area (Å²) in [6.45, 7) is -0.645. The van der Waals surface area contributed by atoms with Crippen LogP contribution in [0.5, 0.6) is 0 Å². The van der Waals surface area contributed by atoms with Crippen LogP contribution < -0.4 is 0 Å². The van der Waals surface area contributed by atoms with E-state index in [9.17, 15) is 19.0 Å². The zero-order valence-corrected chi connectivity index (χ0v) is 22.5. The molecule has 1 fully saturated rings. The molecule has 0 saturated carbocycles. The number of rotatable bonds is 8. The topological polar surface area (TPSA) is 144 Å². The highest BCUT2D eigenvalue weighted by Crippen LogP contribution is 2.41. The highest BCUT2D eigenvalue weighted by Gasteiger charge is 2.48. The van der Waals surface area contributed by atoms with Crippen molar-refractivity contribution in [3.05, 3.63) is 69.1 Å². The first-order valence-electron chi connectivity index (χ1n) is 11.2. The van der Waals surface area contributed by atoms with Crippen LogP contribution in [0.15, 0.2) is 41.4 Å². The second-order valence-electron chi connectivity index (χ2n) is 8.34. The fraction of sp³-hybridized carbons (Fsp3) is 0.318. The highest BCUT2D eigenvalue weighted by molar-refractivity contribution is 7.99. The summed E-state index contributed by atoms with van der Waals surface area (Å²) in [5, 5.41) is 42.9. The van der Waals surface area contributed by atoms with Gasteiger partial charge in [-0.3, -0.25) is 0 Å². The van der Waals surface area contributed by atoms with E-state index in [4.69, 9.17) is 44.3 Å². The Balaban J connectivity index is 1.51. The van der Waals surface area contributed by atoms with E-state index >= 15 is 0 Å². The van der Waals surface area contributed by atoms with E-state index in [1.165, 1.54) is 22.6 Å². The molecule has 0 amide bonds. The number of nitrogens with one attached hydrogen (secondary N) is 1. The quantitative estimate of drug-likeness (QED) is 0.250. The van der Waals surface area contributed by atoms with Gasteiger partial charge in [-0.15, -0.1) is 15.3 Å². The second-order valence-corrected chi connectivity index (χ2v) is 10.7. The van der Waals surface area contributed by atoms with Crippen molar-refractivity contribution >= 4 is 46.6 Å². The molecule has 1 saturated heterocycles. The molecule has 0 spiro atoms. The molecule has 3 N–H and O–H groups in total. The van der Waals surface area contributed by atoms with Crippen molar-refractivity contribution in [2.24, 2.45) is 0 Å². The monoisotopic (exact) mass is 619 g/mol. The average Bonchev–Trinajstić information content (AvgIpc) is 3.61. The van der Waals surface area contributed by atoms with Crippen LogP contribution in [0, 0.1) is 11.6 Å². The van der Waals surface area contributed by atoms with Crippen LogP contribution in [0.2, 0.25) is 15.1 Å². The number of thioether (sulfide) groups is 1. The zero-order chi connectivity index (χ0) is 27.7. The predicted octanol–water partition coefficient (Wildman–Crippen LogP) is 3.69. The normalized spacial score (nSPS) is 23.3.